The van der Waals surface area contributed by atoms with Gasteiger partial charge in [-0.05, 0) is 24.5 Å². The van der Waals surface area contributed by atoms with Crippen LogP contribution in [0.2, 0.25) is 0 Å². The van der Waals surface area contributed by atoms with Gasteiger partial charge in [0.1, 0.15) is 0 Å². The highest BCUT2D eigenvalue weighted by Gasteiger charge is 2.32. The molecule has 2 unspecified atom stereocenters. The lowest BCUT2D eigenvalue weighted by Gasteiger charge is -2.34. The van der Waals surface area contributed by atoms with Gasteiger partial charge in [0.2, 0.25) is 0 Å². The molecule has 1 aromatic carbocycles. The summed E-state index contributed by atoms with van der Waals surface area (Å²) in [6.45, 7) is 2.68. The summed E-state index contributed by atoms with van der Waals surface area (Å²) >= 11 is 0. The Labute approximate surface area is 139 Å². The third kappa shape index (κ3) is 3.53. The van der Waals surface area contributed by atoms with E-state index < -0.39 is 11.9 Å². The second-order valence-corrected chi connectivity index (χ2v) is 6.07. The quantitative estimate of drug-likeness (QED) is 0.895. The summed E-state index contributed by atoms with van der Waals surface area (Å²) in [5.74, 6) is -0.923. The lowest BCUT2D eigenvalue weighted by molar-refractivity contribution is -0.143. The number of amides is 2. The fourth-order valence-corrected chi connectivity index (χ4v) is 2.89. The van der Waals surface area contributed by atoms with E-state index >= 15 is 0 Å². The van der Waals surface area contributed by atoms with Crippen LogP contribution in [-0.4, -0.2) is 50.1 Å². The largest absolute Gasteiger partial charge is 0.481 e. The predicted octanol–water partition coefficient (Wildman–Crippen LogP) is 1.84. The fraction of sp³-hybridized carbons (Fsp3) is 0.375. The van der Waals surface area contributed by atoms with Gasteiger partial charge in [-0.15, -0.1) is 9.90 Å². The van der Waals surface area contributed by atoms with E-state index in [1.807, 2.05) is 37.3 Å². The van der Waals surface area contributed by atoms with Crippen molar-refractivity contribution in [3.8, 4) is 5.69 Å². The molecule has 2 atom stereocenters. The van der Waals surface area contributed by atoms with Gasteiger partial charge < -0.3 is 10.0 Å². The van der Waals surface area contributed by atoms with E-state index in [4.69, 9.17) is 0 Å². The molecule has 8 nitrogen and oxygen atoms in total. The number of rotatable bonds is 3. The molecule has 8 heteroatoms. The fourth-order valence-electron chi connectivity index (χ4n) is 2.89. The standard InChI is InChI=1S/C16H19N5O3/c1-11-7-12(15(22)23)10-20(9-11)16(24)18-14-8-17-21(19-14)13-5-3-2-4-6-13/h2-6,8,11-12H,7,9-10H2,1H3,(H,22,23)(H,18,19,24). The molecule has 2 heterocycles. The van der Waals surface area contributed by atoms with E-state index in [1.54, 1.807) is 0 Å². The molecule has 1 saturated heterocycles. The number of carbonyl (C=O) groups excluding carboxylic acids is 1. The average molecular weight is 329 g/mol. The highest BCUT2D eigenvalue weighted by molar-refractivity contribution is 5.88. The molecule has 126 valence electrons. The van der Waals surface area contributed by atoms with Crippen molar-refractivity contribution in [3.05, 3.63) is 36.5 Å². The number of hydrogen-bond donors (Lipinski definition) is 2. The molecule has 3 rings (SSSR count). The summed E-state index contributed by atoms with van der Waals surface area (Å²) in [7, 11) is 0. The number of carboxylic acid groups (broad SMARTS) is 1. The number of nitrogens with one attached hydrogen (secondary N) is 1. The molecule has 0 saturated carbocycles. The van der Waals surface area contributed by atoms with Gasteiger partial charge in [-0.2, -0.15) is 5.10 Å². The number of carbonyl (C=O) groups is 2. The monoisotopic (exact) mass is 329 g/mol. The highest BCUT2D eigenvalue weighted by atomic mass is 16.4. The molecule has 24 heavy (non-hydrogen) atoms. The molecule has 1 aliphatic rings. The minimum Gasteiger partial charge on any atom is -0.481 e. The van der Waals surface area contributed by atoms with Crippen molar-refractivity contribution < 1.29 is 14.7 Å². The Morgan fingerprint density at radius 2 is 2.00 bits per heavy atom. The van der Waals surface area contributed by atoms with Crippen LogP contribution in [-0.2, 0) is 4.79 Å². The number of aromatic nitrogens is 3. The van der Waals surface area contributed by atoms with E-state index in [9.17, 15) is 14.7 Å². The van der Waals surface area contributed by atoms with Crippen LogP contribution in [0.15, 0.2) is 36.5 Å². The van der Waals surface area contributed by atoms with Crippen LogP contribution in [0.25, 0.3) is 5.69 Å². The second-order valence-electron chi connectivity index (χ2n) is 6.07. The molecule has 2 amide bonds. The molecular formula is C16H19N5O3. The number of piperidine rings is 1. The van der Waals surface area contributed by atoms with Crippen LogP contribution in [0.3, 0.4) is 0 Å². The van der Waals surface area contributed by atoms with Gasteiger partial charge in [0.25, 0.3) is 0 Å². The molecule has 2 N–H and O–H groups in total. The predicted molar refractivity (Wildman–Crippen MR) is 86.9 cm³/mol. The van der Waals surface area contributed by atoms with E-state index in [-0.39, 0.29) is 18.5 Å². The Bertz CT molecular complexity index is 730. The van der Waals surface area contributed by atoms with Crippen molar-refractivity contribution in [1.29, 1.82) is 0 Å². The van der Waals surface area contributed by atoms with Gasteiger partial charge in [0, 0.05) is 13.1 Å². The van der Waals surface area contributed by atoms with Crippen LogP contribution < -0.4 is 5.32 Å². The first-order valence-electron chi connectivity index (χ1n) is 7.79. The van der Waals surface area contributed by atoms with Gasteiger partial charge >= 0.3 is 12.0 Å². The topological polar surface area (TPSA) is 100 Å². The average Bonchev–Trinajstić information content (AvgIpc) is 3.03. The number of aliphatic carboxylic acids is 1. The molecule has 0 aliphatic carbocycles. The minimum absolute atomic E-state index is 0.144. The Morgan fingerprint density at radius 3 is 2.71 bits per heavy atom. The number of hydrogen-bond acceptors (Lipinski definition) is 4. The molecule has 2 aromatic rings. The number of likely N-dealkylation sites (tertiary alicyclic amines) is 1. The van der Waals surface area contributed by atoms with Crippen LogP contribution in [0, 0.1) is 11.8 Å². The zero-order valence-corrected chi connectivity index (χ0v) is 13.3. The lowest BCUT2D eigenvalue weighted by atomic mass is 9.91. The number of carboxylic acids is 1. The normalized spacial score (nSPS) is 20.6. The van der Waals surface area contributed by atoms with E-state index in [2.05, 4.69) is 15.5 Å². The van der Waals surface area contributed by atoms with E-state index in [0.29, 0.717) is 18.8 Å². The van der Waals surface area contributed by atoms with Gasteiger partial charge in [-0.25, -0.2) is 4.79 Å². The lowest BCUT2D eigenvalue weighted by Crippen LogP contribution is -2.47. The number of urea groups is 1. The van der Waals surface area contributed by atoms with Crippen molar-refractivity contribution in [3.63, 3.8) is 0 Å². The maximum atomic E-state index is 12.4. The van der Waals surface area contributed by atoms with Crippen LogP contribution >= 0.6 is 0 Å². The van der Waals surface area contributed by atoms with Crippen molar-refractivity contribution in [2.24, 2.45) is 11.8 Å². The summed E-state index contributed by atoms with van der Waals surface area (Å²) in [6.07, 6.45) is 2.05. The van der Waals surface area contributed by atoms with Crippen molar-refractivity contribution in [1.82, 2.24) is 19.9 Å². The summed E-state index contributed by atoms with van der Waals surface area (Å²) in [5, 5.41) is 20.2. The SMILES string of the molecule is CC1CC(C(=O)O)CN(C(=O)Nc2cnn(-c3ccccc3)n2)C1. The molecular weight excluding hydrogens is 310 g/mol. The smallest absolute Gasteiger partial charge is 0.323 e. The Morgan fingerprint density at radius 1 is 1.25 bits per heavy atom. The first-order valence-corrected chi connectivity index (χ1v) is 7.79. The number of benzene rings is 1. The van der Waals surface area contributed by atoms with Gasteiger partial charge in [-0.3, -0.25) is 10.1 Å². The third-order valence-corrected chi connectivity index (χ3v) is 4.01. The Balaban J connectivity index is 1.67. The number of para-hydroxylation sites is 1. The van der Waals surface area contributed by atoms with E-state index in [0.717, 1.165) is 5.69 Å². The Kier molecular flexibility index (Phi) is 4.45. The zero-order valence-electron chi connectivity index (χ0n) is 13.3. The van der Waals surface area contributed by atoms with Gasteiger partial charge in [-0.1, -0.05) is 25.1 Å². The van der Waals surface area contributed by atoms with Crippen LogP contribution in [0.1, 0.15) is 13.3 Å². The first kappa shape index (κ1) is 16.0. The molecule has 0 radical (unpaired) electrons. The summed E-state index contributed by atoms with van der Waals surface area (Å²) in [4.78, 5) is 26.5. The van der Waals surface area contributed by atoms with E-state index in [1.165, 1.54) is 15.9 Å². The minimum atomic E-state index is -0.866. The van der Waals surface area contributed by atoms with Crippen LogP contribution in [0.5, 0.6) is 0 Å². The zero-order chi connectivity index (χ0) is 17.1. The van der Waals surface area contributed by atoms with Gasteiger partial charge in [0.15, 0.2) is 5.82 Å². The molecule has 1 aromatic heterocycles. The van der Waals surface area contributed by atoms with Crippen LogP contribution in [0.4, 0.5) is 10.6 Å². The molecule has 1 aliphatic heterocycles. The van der Waals surface area contributed by atoms with Crippen molar-refractivity contribution >= 4 is 17.8 Å². The highest BCUT2D eigenvalue weighted by Crippen LogP contribution is 2.22. The molecule has 1 fully saturated rings. The summed E-state index contributed by atoms with van der Waals surface area (Å²) < 4.78 is 0. The number of nitrogens with zero attached hydrogens (tertiary/aromatic N) is 4. The summed E-state index contributed by atoms with van der Waals surface area (Å²) in [6, 6.07) is 9.00. The summed E-state index contributed by atoms with van der Waals surface area (Å²) in [5.41, 5.74) is 0.788. The molecule has 0 bridgehead atoms. The number of anilines is 1. The van der Waals surface area contributed by atoms with Crippen molar-refractivity contribution in [2.75, 3.05) is 18.4 Å². The maximum absolute atomic E-state index is 12.4. The van der Waals surface area contributed by atoms with Gasteiger partial charge in [0.05, 0.1) is 17.8 Å². The maximum Gasteiger partial charge on any atom is 0.323 e. The Hall–Kier alpha value is -2.90. The first-order chi connectivity index (χ1) is 11.5. The third-order valence-electron chi connectivity index (χ3n) is 4.01. The van der Waals surface area contributed by atoms with Crippen molar-refractivity contribution in [2.45, 2.75) is 13.3 Å². The second kappa shape index (κ2) is 6.69. The molecule has 0 spiro atoms.